The van der Waals surface area contributed by atoms with E-state index in [1.165, 1.54) is 11.5 Å². The van der Waals surface area contributed by atoms with Crippen LogP contribution in [0.25, 0.3) is 11.1 Å². The van der Waals surface area contributed by atoms with Gasteiger partial charge in [0.1, 0.15) is 10.8 Å². The van der Waals surface area contributed by atoms with Gasteiger partial charge in [-0.3, -0.25) is 4.79 Å². The number of amides is 1. The zero-order valence-corrected chi connectivity index (χ0v) is 13.1. The number of nitrogens with two attached hydrogens (primary N) is 1. The van der Waals surface area contributed by atoms with Crippen LogP contribution in [0.5, 0.6) is 0 Å². The minimum Gasteiger partial charge on any atom is -0.382 e. The van der Waals surface area contributed by atoms with E-state index in [2.05, 4.69) is 16.6 Å². The third kappa shape index (κ3) is 3.52. The Morgan fingerprint density at radius 3 is 2.71 bits per heavy atom. The predicted molar refractivity (Wildman–Crippen MR) is 88.5 cm³/mol. The van der Waals surface area contributed by atoms with Gasteiger partial charge >= 0.3 is 0 Å². The molecule has 0 saturated heterocycles. The summed E-state index contributed by atoms with van der Waals surface area (Å²) >= 11 is 1.34. The van der Waals surface area contributed by atoms with Gasteiger partial charge in [0, 0.05) is 13.6 Å². The molecule has 6 heteroatoms. The number of hydrogen-bond donors (Lipinski definition) is 2. The summed E-state index contributed by atoms with van der Waals surface area (Å²) in [6, 6.07) is 9.92. The van der Waals surface area contributed by atoms with Crippen LogP contribution in [-0.4, -0.2) is 30.4 Å². The van der Waals surface area contributed by atoms with Crippen LogP contribution in [0.15, 0.2) is 30.3 Å². The Morgan fingerprint density at radius 1 is 1.38 bits per heavy atom. The van der Waals surface area contributed by atoms with Gasteiger partial charge in [-0.2, -0.15) is 4.37 Å². The first-order valence-corrected chi connectivity index (χ1v) is 7.70. The van der Waals surface area contributed by atoms with E-state index in [1.807, 2.05) is 35.2 Å². The molecule has 0 atom stereocenters. The number of nitrogens with one attached hydrogen (secondary N) is 1. The third-order valence-electron chi connectivity index (χ3n) is 3.16. The van der Waals surface area contributed by atoms with E-state index in [4.69, 9.17) is 5.73 Å². The van der Waals surface area contributed by atoms with Crippen molar-refractivity contribution in [3.63, 3.8) is 0 Å². The van der Waals surface area contributed by atoms with Crippen molar-refractivity contribution in [1.29, 1.82) is 0 Å². The third-order valence-corrected chi connectivity index (χ3v) is 4.08. The topological polar surface area (TPSA) is 71.2 Å². The summed E-state index contributed by atoms with van der Waals surface area (Å²) in [7, 11) is 1.64. The molecule has 0 unspecified atom stereocenters. The Labute approximate surface area is 128 Å². The van der Waals surface area contributed by atoms with Gasteiger partial charge in [-0.25, -0.2) is 0 Å². The second-order valence-corrected chi connectivity index (χ2v) is 5.46. The lowest BCUT2D eigenvalue weighted by atomic mass is 10.1. The highest BCUT2D eigenvalue weighted by Crippen LogP contribution is 2.39. The monoisotopic (exact) mass is 304 g/mol. The second kappa shape index (κ2) is 7.08. The number of carbonyl (C=O) groups is 1. The van der Waals surface area contributed by atoms with Crippen molar-refractivity contribution in [2.75, 3.05) is 30.8 Å². The van der Waals surface area contributed by atoms with E-state index in [-0.39, 0.29) is 5.91 Å². The number of nitrogen functional groups attached to an aromatic ring is 1. The van der Waals surface area contributed by atoms with Crippen LogP contribution in [-0.2, 0) is 4.79 Å². The number of hydrogen-bond acceptors (Lipinski definition) is 5. The molecular weight excluding hydrogens is 284 g/mol. The highest BCUT2D eigenvalue weighted by atomic mass is 32.1. The molecule has 0 fully saturated rings. The Morgan fingerprint density at radius 2 is 2.10 bits per heavy atom. The van der Waals surface area contributed by atoms with Crippen LogP contribution in [0, 0.1) is 0 Å². The maximum absolute atomic E-state index is 11.7. The van der Waals surface area contributed by atoms with Gasteiger partial charge in [0.2, 0.25) is 5.91 Å². The standard InChI is InChI=1S/C15H20N4OS/c1-3-9-19(10-12(20)17-2)15-13(14(16)18-21-15)11-7-5-4-6-8-11/h4-8H,3,9-10H2,1-2H3,(H2,16,18)(H,17,20). The average Bonchev–Trinajstić information content (AvgIpc) is 2.89. The predicted octanol–water partition coefficient (Wildman–Crippen LogP) is 2.35. The largest absolute Gasteiger partial charge is 0.382 e. The number of aromatic nitrogens is 1. The first-order chi connectivity index (χ1) is 10.2. The fourth-order valence-corrected chi connectivity index (χ4v) is 3.02. The van der Waals surface area contributed by atoms with Gasteiger partial charge in [-0.1, -0.05) is 37.3 Å². The molecule has 0 aliphatic heterocycles. The minimum absolute atomic E-state index is 0.0190. The normalized spacial score (nSPS) is 10.4. The van der Waals surface area contributed by atoms with Crippen LogP contribution in [0.4, 0.5) is 10.8 Å². The van der Waals surface area contributed by atoms with Gasteiger partial charge in [0.05, 0.1) is 12.1 Å². The molecule has 1 heterocycles. The maximum atomic E-state index is 11.7. The minimum atomic E-state index is -0.0190. The summed E-state index contributed by atoms with van der Waals surface area (Å²) in [4.78, 5) is 13.8. The Balaban J connectivity index is 2.40. The first kappa shape index (κ1) is 15.3. The summed E-state index contributed by atoms with van der Waals surface area (Å²) in [5, 5.41) is 3.61. The molecule has 0 bridgehead atoms. The molecule has 1 aromatic heterocycles. The highest BCUT2D eigenvalue weighted by molar-refractivity contribution is 7.11. The molecule has 2 aromatic rings. The Hall–Kier alpha value is -2.08. The van der Waals surface area contributed by atoms with Crippen LogP contribution in [0.1, 0.15) is 13.3 Å². The number of benzene rings is 1. The lowest BCUT2D eigenvalue weighted by molar-refractivity contribution is -0.119. The lowest BCUT2D eigenvalue weighted by Gasteiger charge is -2.22. The molecule has 0 aliphatic rings. The van der Waals surface area contributed by atoms with Gasteiger partial charge < -0.3 is 16.0 Å². The van der Waals surface area contributed by atoms with Gasteiger partial charge in [0.25, 0.3) is 0 Å². The molecule has 0 spiro atoms. The Bertz CT molecular complexity index is 597. The number of rotatable bonds is 6. The van der Waals surface area contributed by atoms with Crippen molar-refractivity contribution in [3.8, 4) is 11.1 Å². The molecule has 0 radical (unpaired) electrons. The van der Waals surface area contributed by atoms with E-state index in [0.29, 0.717) is 12.4 Å². The number of likely N-dealkylation sites (N-methyl/N-ethyl adjacent to an activating group) is 1. The zero-order valence-electron chi connectivity index (χ0n) is 12.3. The van der Waals surface area contributed by atoms with E-state index < -0.39 is 0 Å². The fourth-order valence-electron chi connectivity index (χ4n) is 2.16. The van der Waals surface area contributed by atoms with E-state index in [0.717, 1.165) is 29.1 Å². The molecule has 0 saturated carbocycles. The summed E-state index contributed by atoms with van der Waals surface area (Å²) in [6.07, 6.45) is 0.947. The van der Waals surface area contributed by atoms with E-state index in [1.54, 1.807) is 7.05 Å². The maximum Gasteiger partial charge on any atom is 0.239 e. The quantitative estimate of drug-likeness (QED) is 0.859. The molecule has 21 heavy (non-hydrogen) atoms. The summed E-state index contributed by atoms with van der Waals surface area (Å²) in [5.74, 6) is 0.494. The van der Waals surface area contributed by atoms with Crippen molar-refractivity contribution >= 4 is 28.3 Å². The SMILES string of the molecule is CCCN(CC(=O)NC)c1snc(N)c1-c1ccccc1. The fraction of sp³-hybridized carbons (Fsp3) is 0.333. The van der Waals surface area contributed by atoms with Crippen molar-refractivity contribution in [3.05, 3.63) is 30.3 Å². The molecule has 2 rings (SSSR count). The van der Waals surface area contributed by atoms with Crippen LogP contribution >= 0.6 is 11.5 Å². The van der Waals surface area contributed by atoms with Crippen molar-refractivity contribution in [1.82, 2.24) is 9.69 Å². The van der Waals surface area contributed by atoms with Crippen LogP contribution < -0.4 is 16.0 Å². The van der Waals surface area contributed by atoms with Crippen molar-refractivity contribution in [2.24, 2.45) is 0 Å². The molecule has 1 amide bonds. The molecule has 3 N–H and O–H groups in total. The van der Waals surface area contributed by atoms with Crippen molar-refractivity contribution in [2.45, 2.75) is 13.3 Å². The van der Waals surface area contributed by atoms with Gasteiger partial charge in [0.15, 0.2) is 0 Å². The van der Waals surface area contributed by atoms with Gasteiger partial charge in [-0.15, -0.1) is 0 Å². The zero-order chi connectivity index (χ0) is 15.2. The number of nitrogens with zero attached hydrogens (tertiary/aromatic N) is 2. The molecule has 112 valence electrons. The summed E-state index contributed by atoms with van der Waals surface area (Å²) in [5.41, 5.74) is 7.98. The lowest BCUT2D eigenvalue weighted by Crippen LogP contribution is -2.36. The smallest absolute Gasteiger partial charge is 0.239 e. The van der Waals surface area contributed by atoms with E-state index >= 15 is 0 Å². The Kier molecular flexibility index (Phi) is 5.16. The van der Waals surface area contributed by atoms with Crippen LogP contribution in [0.2, 0.25) is 0 Å². The van der Waals surface area contributed by atoms with Crippen LogP contribution in [0.3, 0.4) is 0 Å². The summed E-state index contributed by atoms with van der Waals surface area (Å²) < 4.78 is 4.28. The highest BCUT2D eigenvalue weighted by Gasteiger charge is 2.20. The second-order valence-electron chi connectivity index (χ2n) is 4.71. The molecule has 0 aliphatic carbocycles. The van der Waals surface area contributed by atoms with E-state index in [9.17, 15) is 4.79 Å². The summed E-state index contributed by atoms with van der Waals surface area (Å²) in [6.45, 7) is 3.18. The van der Waals surface area contributed by atoms with Crippen molar-refractivity contribution < 1.29 is 4.79 Å². The molecule has 1 aromatic carbocycles. The molecular formula is C15H20N4OS. The van der Waals surface area contributed by atoms with Gasteiger partial charge in [-0.05, 0) is 23.5 Å². The number of carbonyl (C=O) groups excluding carboxylic acids is 1. The molecule has 5 nitrogen and oxygen atoms in total. The average molecular weight is 304 g/mol. The number of anilines is 2. The first-order valence-electron chi connectivity index (χ1n) is 6.93.